The number of β-amino-alcohol motifs (C(OH)–C–C–N with tert-alkyl or cyclic N) is 1. The molecule has 1 aliphatic rings. The minimum absolute atomic E-state index is 0.0683. The third-order valence-electron chi connectivity index (χ3n) is 1.84. The molecule has 1 amide bonds. The predicted octanol–water partition coefficient (Wildman–Crippen LogP) is -0.0104. The van der Waals surface area contributed by atoms with Gasteiger partial charge in [0.1, 0.15) is 0 Å². The van der Waals surface area contributed by atoms with E-state index in [2.05, 4.69) is 0 Å². The summed E-state index contributed by atoms with van der Waals surface area (Å²) >= 11 is 0. The van der Waals surface area contributed by atoms with Crippen molar-refractivity contribution in [1.82, 2.24) is 4.90 Å². The summed E-state index contributed by atoms with van der Waals surface area (Å²) in [5.41, 5.74) is 0. The molecule has 1 fully saturated rings. The standard InChI is InChI=1S/C7H13NO2/c1-6(9)8-4-2-3-7(10)5-8/h7,10H,2-5H2,1H3/t7-/m0/s1. The van der Waals surface area contributed by atoms with Crippen molar-refractivity contribution >= 4 is 5.91 Å². The smallest absolute Gasteiger partial charge is 0.219 e. The Kier molecular flexibility index (Phi) is 2.27. The van der Waals surface area contributed by atoms with Gasteiger partial charge < -0.3 is 10.0 Å². The molecule has 58 valence electrons. The Balaban J connectivity index is 2.39. The average molecular weight is 143 g/mol. The second kappa shape index (κ2) is 3.01. The molecule has 0 spiro atoms. The highest BCUT2D eigenvalue weighted by molar-refractivity contribution is 5.73. The van der Waals surface area contributed by atoms with Crippen molar-refractivity contribution in [2.24, 2.45) is 0 Å². The van der Waals surface area contributed by atoms with Gasteiger partial charge in [-0.1, -0.05) is 0 Å². The van der Waals surface area contributed by atoms with Crippen LogP contribution in [-0.2, 0) is 4.79 Å². The van der Waals surface area contributed by atoms with Crippen molar-refractivity contribution in [3.8, 4) is 0 Å². The largest absolute Gasteiger partial charge is 0.391 e. The minimum Gasteiger partial charge on any atom is -0.391 e. The molecule has 0 unspecified atom stereocenters. The van der Waals surface area contributed by atoms with E-state index in [9.17, 15) is 4.79 Å². The van der Waals surface area contributed by atoms with Gasteiger partial charge in [0.2, 0.25) is 5.91 Å². The summed E-state index contributed by atoms with van der Waals surface area (Å²) in [6, 6.07) is 0. The first-order valence-corrected chi connectivity index (χ1v) is 3.63. The Bertz CT molecular complexity index is 136. The Morgan fingerprint density at radius 3 is 2.80 bits per heavy atom. The zero-order chi connectivity index (χ0) is 7.56. The minimum atomic E-state index is -0.294. The van der Waals surface area contributed by atoms with Crippen molar-refractivity contribution in [1.29, 1.82) is 0 Å². The lowest BCUT2D eigenvalue weighted by Crippen LogP contribution is -2.40. The number of likely N-dealkylation sites (tertiary alicyclic amines) is 1. The molecule has 3 nitrogen and oxygen atoms in total. The summed E-state index contributed by atoms with van der Waals surface area (Å²) in [5, 5.41) is 9.13. The van der Waals surface area contributed by atoms with Gasteiger partial charge in [0.25, 0.3) is 0 Å². The number of aliphatic hydroxyl groups excluding tert-OH is 1. The van der Waals surface area contributed by atoms with Crippen LogP contribution in [0.4, 0.5) is 0 Å². The second-order valence-corrected chi connectivity index (χ2v) is 2.76. The lowest BCUT2D eigenvalue weighted by atomic mass is 10.1. The lowest BCUT2D eigenvalue weighted by Gasteiger charge is -2.28. The third-order valence-corrected chi connectivity index (χ3v) is 1.84. The van der Waals surface area contributed by atoms with Crippen LogP contribution < -0.4 is 0 Å². The van der Waals surface area contributed by atoms with Gasteiger partial charge >= 0.3 is 0 Å². The van der Waals surface area contributed by atoms with Crippen LogP contribution in [-0.4, -0.2) is 35.1 Å². The highest BCUT2D eigenvalue weighted by Gasteiger charge is 2.18. The van der Waals surface area contributed by atoms with Crippen LogP contribution in [0.25, 0.3) is 0 Å². The quantitative estimate of drug-likeness (QED) is 0.518. The van der Waals surface area contributed by atoms with E-state index in [0.717, 1.165) is 19.4 Å². The van der Waals surface area contributed by atoms with E-state index in [-0.39, 0.29) is 12.0 Å². The zero-order valence-corrected chi connectivity index (χ0v) is 6.21. The number of carbonyl (C=O) groups is 1. The van der Waals surface area contributed by atoms with Crippen LogP contribution in [0, 0.1) is 0 Å². The third kappa shape index (κ3) is 1.70. The molecule has 1 atom stereocenters. The molecule has 0 aliphatic carbocycles. The van der Waals surface area contributed by atoms with Gasteiger partial charge in [-0.05, 0) is 12.8 Å². The Morgan fingerprint density at radius 1 is 1.70 bits per heavy atom. The number of hydrogen-bond donors (Lipinski definition) is 1. The lowest BCUT2D eigenvalue weighted by molar-refractivity contribution is -0.131. The van der Waals surface area contributed by atoms with E-state index >= 15 is 0 Å². The number of rotatable bonds is 0. The molecule has 1 saturated heterocycles. The topological polar surface area (TPSA) is 40.5 Å². The van der Waals surface area contributed by atoms with E-state index in [4.69, 9.17) is 5.11 Å². The Labute approximate surface area is 60.6 Å². The van der Waals surface area contributed by atoms with Crippen molar-refractivity contribution in [2.45, 2.75) is 25.9 Å². The van der Waals surface area contributed by atoms with Gasteiger partial charge in [0.15, 0.2) is 0 Å². The van der Waals surface area contributed by atoms with E-state index in [1.165, 1.54) is 6.92 Å². The Morgan fingerprint density at radius 2 is 2.40 bits per heavy atom. The predicted molar refractivity (Wildman–Crippen MR) is 37.5 cm³/mol. The maximum atomic E-state index is 10.8. The maximum absolute atomic E-state index is 10.8. The second-order valence-electron chi connectivity index (χ2n) is 2.76. The van der Waals surface area contributed by atoms with Gasteiger partial charge in [0.05, 0.1) is 6.10 Å². The molecule has 1 N–H and O–H groups in total. The van der Waals surface area contributed by atoms with Crippen LogP contribution in [0.15, 0.2) is 0 Å². The summed E-state index contributed by atoms with van der Waals surface area (Å²) in [6.07, 6.45) is 1.47. The molecule has 0 aromatic carbocycles. The molecule has 1 heterocycles. The van der Waals surface area contributed by atoms with Crippen molar-refractivity contribution in [3.05, 3.63) is 0 Å². The molecule has 1 aliphatic heterocycles. The van der Waals surface area contributed by atoms with Crippen molar-refractivity contribution in [3.63, 3.8) is 0 Å². The normalized spacial score (nSPS) is 26.6. The molecule has 10 heavy (non-hydrogen) atoms. The first-order valence-electron chi connectivity index (χ1n) is 3.63. The fourth-order valence-electron chi connectivity index (χ4n) is 1.24. The van der Waals surface area contributed by atoms with Crippen LogP contribution in [0.2, 0.25) is 0 Å². The van der Waals surface area contributed by atoms with Crippen molar-refractivity contribution < 1.29 is 9.90 Å². The van der Waals surface area contributed by atoms with Gasteiger partial charge in [-0.15, -0.1) is 0 Å². The molecule has 0 aromatic heterocycles. The van der Waals surface area contributed by atoms with E-state index in [1.807, 2.05) is 0 Å². The molecule has 1 rings (SSSR count). The zero-order valence-electron chi connectivity index (χ0n) is 6.21. The molecule has 3 heteroatoms. The Hall–Kier alpha value is -0.570. The number of aliphatic hydroxyl groups is 1. The number of amides is 1. The number of carbonyl (C=O) groups excluding carboxylic acids is 1. The van der Waals surface area contributed by atoms with Crippen LogP contribution >= 0.6 is 0 Å². The highest BCUT2D eigenvalue weighted by Crippen LogP contribution is 2.08. The van der Waals surface area contributed by atoms with E-state index < -0.39 is 0 Å². The molecule has 0 saturated carbocycles. The summed E-state index contributed by atoms with van der Waals surface area (Å²) in [5.74, 6) is 0.0683. The fourth-order valence-corrected chi connectivity index (χ4v) is 1.24. The summed E-state index contributed by atoms with van der Waals surface area (Å²) in [6.45, 7) is 2.87. The summed E-state index contributed by atoms with van der Waals surface area (Å²) < 4.78 is 0. The molecule has 0 bridgehead atoms. The number of piperidine rings is 1. The summed E-state index contributed by atoms with van der Waals surface area (Å²) in [7, 11) is 0. The maximum Gasteiger partial charge on any atom is 0.219 e. The number of nitrogens with zero attached hydrogens (tertiary/aromatic N) is 1. The van der Waals surface area contributed by atoms with Crippen LogP contribution in [0.1, 0.15) is 19.8 Å². The van der Waals surface area contributed by atoms with Gasteiger partial charge in [-0.2, -0.15) is 0 Å². The SMILES string of the molecule is CC(=O)N1CCC[C@H](O)C1. The monoisotopic (exact) mass is 143 g/mol. The molecule has 0 aromatic rings. The fraction of sp³-hybridized carbons (Fsp3) is 0.857. The molecular weight excluding hydrogens is 130 g/mol. The van der Waals surface area contributed by atoms with Gasteiger partial charge in [0, 0.05) is 20.0 Å². The van der Waals surface area contributed by atoms with E-state index in [0.29, 0.717) is 6.54 Å². The van der Waals surface area contributed by atoms with Gasteiger partial charge in [-0.3, -0.25) is 4.79 Å². The van der Waals surface area contributed by atoms with Crippen LogP contribution in [0.3, 0.4) is 0 Å². The first-order chi connectivity index (χ1) is 4.70. The summed E-state index contributed by atoms with van der Waals surface area (Å²) in [4.78, 5) is 12.4. The van der Waals surface area contributed by atoms with E-state index in [1.54, 1.807) is 4.90 Å². The highest BCUT2D eigenvalue weighted by atomic mass is 16.3. The van der Waals surface area contributed by atoms with Crippen molar-refractivity contribution in [2.75, 3.05) is 13.1 Å². The number of hydrogen-bond acceptors (Lipinski definition) is 2. The molecule has 0 radical (unpaired) electrons. The molecular formula is C7H13NO2. The van der Waals surface area contributed by atoms with Crippen LogP contribution in [0.5, 0.6) is 0 Å². The van der Waals surface area contributed by atoms with Gasteiger partial charge in [-0.25, -0.2) is 0 Å². The first kappa shape index (κ1) is 7.54. The average Bonchev–Trinajstić information content (AvgIpc) is 1.88.